The summed E-state index contributed by atoms with van der Waals surface area (Å²) in [6.45, 7) is 8.21. The fourth-order valence-corrected chi connectivity index (χ4v) is 6.41. The molecule has 1 heterocycles. The highest BCUT2D eigenvalue weighted by atomic mass is 32.2. The zero-order chi connectivity index (χ0) is 38.3. The number of esters is 1. The number of amides is 2. The lowest BCUT2D eigenvalue weighted by Gasteiger charge is -2.24. The Morgan fingerprint density at radius 3 is 2.58 bits per heavy atom. The fourth-order valence-electron chi connectivity index (χ4n) is 5.11. The van der Waals surface area contributed by atoms with Gasteiger partial charge < -0.3 is 34.6 Å². The number of anilines is 1. The number of aromatic hydroxyl groups is 1. The highest BCUT2D eigenvalue weighted by Gasteiger charge is 2.26. The van der Waals surface area contributed by atoms with Gasteiger partial charge in [0.25, 0.3) is 11.1 Å². The number of fused-ring (bicyclic) bond motifs is 1. The van der Waals surface area contributed by atoms with Crippen LogP contribution in [0.15, 0.2) is 59.8 Å². The molecule has 0 aliphatic carbocycles. The molecular weight excluding hydrogens is 725 g/mol. The van der Waals surface area contributed by atoms with Gasteiger partial charge >= 0.3 is 11.9 Å². The van der Waals surface area contributed by atoms with E-state index in [1.165, 1.54) is 11.0 Å². The topological polar surface area (TPSA) is 195 Å². The quantitative estimate of drug-likeness (QED) is 0.0475. The maximum Gasteiger partial charge on any atom is 0.328 e. The molecule has 15 nitrogen and oxygen atoms in total. The molecule has 4 rings (SSSR count). The van der Waals surface area contributed by atoms with Gasteiger partial charge in [0.05, 0.1) is 35.6 Å². The molecule has 0 aliphatic heterocycles. The first-order valence-electron chi connectivity index (χ1n) is 16.8. The first kappa shape index (κ1) is 40.5. The Morgan fingerprint density at radius 2 is 1.85 bits per heavy atom. The summed E-state index contributed by atoms with van der Waals surface area (Å²) >= 11 is 1.85. The average molecular weight is 767 g/mol. The van der Waals surface area contributed by atoms with Gasteiger partial charge in [0.2, 0.25) is 5.16 Å². The van der Waals surface area contributed by atoms with Crippen molar-refractivity contribution in [3.05, 3.63) is 71.3 Å². The van der Waals surface area contributed by atoms with E-state index in [-0.39, 0.29) is 66.2 Å². The van der Waals surface area contributed by atoms with Crippen molar-refractivity contribution in [2.75, 3.05) is 49.3 Å². The molecule has 2 amide bonds. The number of thioether (sulfide) groups is 2. The molecule has 0 aliphatic rings. The number of carboxylic acid groups (broad SMARTS) is 1. The second kappa shape index (κ2) is 20.1. The maximum atomic E-state index is 13.8. The zero-order valence-corrected chi connectivity index (χ0v) is 31.5. The van der Waals surface area contributed by atoms with Crippen LogP contribution in [0, 0.1) is 13.8 Å². The van der Waals surface area contributed by atoms with E-state index in [9.17, 15) is 24.3 Å². The van der Waals surface area contributed by atoms with Crippen molar-refractivity contribution in [3.8, 4) is 17.2 Å². The second-order valence-electron chi connectivity index (χ2n) is 11.5. The first-order valence-corrected chi connectivity index (χ1v) is 18.7. The van der Waals surface area contributed by atoms with E-state index in [1.807, 2.05) is 32.0 Å². The van der Waals surface area contributed by atoms with E-state index < -0.39 is 23.1 Å². The highest BCUT2D eigenvalue weighted by Crippen LogP contribution is 2.42. The molecular formula is C36H42N6O9S2. The van der Waals surface area contributed by atoms with Gasteiger partial charge in [0, 0.05) is 36.0 Å². The molecule has 4 aromatic rings. The third-order valence-electron chi connectivity index (χ3n) is 7.58. The van der Waals surface area contributed by atoms with Crippen molar-refractivity contribution in [3.63, 3.8) is 0 Å². The van der Waals surface area contributed by atoms with Gasteiger partial charge in [0.1, 0.15) is 30.4 Å². The van der Waals surface area contributed by atoms with E-state index in [2.05, 4.69) is 20.8 Å². The standard InChI is InChI=1S/C36H42N6O9S2/c1-5-7-15-51-31(45)21-42-35(38-39-40-42)53-36(48)41(6-2)27-11-8-10-25-32(27)29(50-17-18-52-22-30(43)44)20-26(33(25)46)34(47)37-14-9-16-49-28-13-12-23(3)19-24(28)4/h5,7-8,10-13,19-20,46H,6,9,14-18,21-22H2,1-4H3,(H,37,47)(H,43,44)/b7-5+. The lowest BCUT2D eigenvalue weighted by molar-refractivity contribution is -0.143. The molecule has 0 saturated heterocycles. The lowest BCUT2D eigenvalue weighted by atomic mass is 10.0. The number of carbonyl (C=O) groups excluding carboxylic acids is 3. The van der Waals surface area contributed by atoms with Gasteiger partial charge in [-0.25, -0.2) is 4.68 Å². The Hall–Kier alpha value is -5.29. The van der Waals surface area contributed by atoms with E-state index in [0.29, 0.717) is 41.6 Å². The minimum Gasteiger partial charge on any atom is -0.506 e. The number of aryl methyl sites for hydroxylation is 2. The minimum atomic E-state index is -0.961. The normalized spacial score (nSPS) is 11.1. The van der Waals surface area contributed by atoms with Crippen molar-refractivity contribution >= 4 is 63.1 Å². The third kappa shape index (κ3) is 11.3. The number of phenolic OH excluding ortho intramolecular Hbond substituents is 1. The van der Waals surface area contributed by atoms with Gasteiger partial charge in [-0.15, -0.1) is 16.9 Å². The molecule has 17 heteroatoms. The van der Waals surface area contributed by atoms with E-state index in [1.54, 1.807) is 44.2 Å². The zero-order valence-electron chi connectivity index (χ0n) is 29.9. The van der Waals surface area contributed by atoms with Crippen LogP contribution in [0.25, 0.3) is 10.8 Å². The summed E-state index contributed by atoms with van der Waals surface area (Å²) in [5.41, 5.74) is 2.48. The van der Waals surface area contributed by atoms with Crippen LogP contribution in [-0.2, 0) is 20.9 Å². The van der Waals surface area contributed by atoms with E-state index in [0.717, 1.165) is 33.3 Å². The van der Waals surface area contributed by atoms with Crippen LogP contribution in [0.5, 0.6) is 17.2 Å². The molecule has 0 spiro atoms. The summed E-state index contributed by atoms with van der Waals surface area (Å²) < 4.78 is 18.3. The van der Waals surface area contributed by atoms with Crippen molar-refractivity contribution < 1.29 is 43.6 Å². The number of aromatic nitrogens is 4. The number of rotatable bonds is 19. The Bertz CT molecular complexity index is 1950. The Morgan fingerprint density at radius 1 is 1.06 bits per heavy atom. The summed E-state index contributed by atoms with van der Waals surface area (Å²) in [5.74, 6) is -1.22. The molecule has 282 valence electrons. The fraction of sp³-hybridized carbons (Fsp3) is 0.361. The number of nitrogens with one attached hydrogen (secondary N) is 1. The predicted octanol–water partition coefficient (Wildman–Crippen LogP) is 5.40. The molecule has 0 fully saturated rings. The summed E-state index contributed by atoms with van der Waals surface area (Å²) in [6, 6.07) is 12.2. The molecule has 3 aromatic carbocycles. The predicted molar refractivity (Wildman–Crippen MR) is 202 cm³/mol. The molecule has 3 N–H and O–H groups in total. The number of tetrazole rings is 1. The number of hydrogen-bond donors (Lipinski definition) is 3. The number of carboxylic acids is 1. The van der Waals surface area contributed by atoms with Crippen LogP contribution in [0.3, 0.4) is 0 Å². The molecule has 0 atom stereocenters. The number of hydrogen-bond acceptors (Lipinski definition) is 13. The summed E-state index contributed by atoms with van der Waals surface area (Å²) in [5, 5.41) is 34.8. The first-order chi connectivity index (χ1) is 25.5. The van der Waals surface area contributed by atoms with E-state index >= 15 is 0 Å². The van der Waals surface area contributed by atoms with Crippen molar-refractivity contribution in [2.45, 2.75) is 45.8 Å². The Kier molecular flexibility index (Phi) is 15.3. The number of allylic oxidation sites excluding steroid dienone is 1. The van der Waals surface area contributed by atoms with Gasteiger partial charge in [-0.2, -0.15) is 0 Å². The van der Waals surface area contributed by atoms with Gasteiger partial charge in [0.15, 0.2) is 0 Å². The highest BCUT2D eigenvalue weighted by molar-refractivity contribution is 8.13. The molecule has 0 bridgehead atoms. The Balaban J connectivity index is 1.57. The smallest absolute Gasteiger partial charge is 0.328 e. The number of ether oxygens (including phenoxy) is 3. The maximum absolute atomic E-state index is 13.8. The molecule has 0 saturated carbocycles. The van der Waals surface area contributed by atoms with Crippen molar-refractivity contribution in [2.24, 2.45) is 0 Å². The van der Waals surface area contributed by atoms with Crippen LogP contribution < -0.4 is 19.7 Å². The van der Waals surface area contributed by atoms with Crippen LogP contribution in [0.1, 0.15) is 41.8 Å². The second-order valence-corrected chi connectivity index (χ2v) is 13.5. The SMILES string of the molecule is C/C=C/COC(=O)Cn1nnnc1SC(=O)N(CC)c1cccc2c(O)c(C(=O)NCCCOc3ccc(C)cc3C)cc(OCCSCC(=O)O)c12. The number of nitrogens with zero attached hydrogens (tertiary/aromatic N) is 5. The number of benzene rings is 3. The molecule has 0 radical (unpaired) electrons. The average Bonchev–Trinajstić information content (AvgIpc) is 3.55. The van der Waals surface area contributed by atoms with Crippen molar-refractivity contribution in [1.29, 1.82) is 0 Å². The van der Waals surface area contributed by atoms with Gasteiger partial charge in [-0.3, -0.25) is 19.2 Å². The van der Waals surface area contributed by atoms with Crippen molar-refractivity contribution in [1.82, 2.24) is 25.5 Å². The summed E-state index contributed by atoms with van der Waals surface area (Å²) in [4.78, 5) is 51.9. The monoisotopic (exact) mass is 766 g/mol. The summed E-state index contributed by atoms with van der Waals surface area (Å²) in [7, 11) is 0. The number of carbonyl (C=O) groups is 4. The lowest BCUT2D eigenvalue weighted by Crippen LogP contribution is -2.28. The third-order valence-corrected chi connectivity index (χ3v) is 9.36. The minimum absolute atomic E-state index is 0.0395. The largest absolute Gasteiger partial charge is 0.506 e. The van der Waals surface area contributed by atoms with Gasteiger partial charge in [-0.1, -0.05) is 42.0 Å². The van der Waals surface area contributed by atoms with Crippen LogP contribution >= 0.6 is 23.5 Å². The molecule has 1 aromatic heterocycles. The Labute approximate surface area is 315 Å². The van der Waals surface area contributed by atoms with Crippen LogP contribution in [0.4, 0.5) is 10.5 Å². The van der Waals surface area contributed by atoms with Crippen LogP contribution in [0.2, 0.25) is 0 Å². The van der Waals surface area contributed by atoms with Gasteiger partial charge in [-0.05, 0) is 68.3 Å². The number of aliphatic carboxylic acids is 1. The van der Waals surface area contributed by atoms with E-state index in [4.69, 9.17) is 19.3 Å². The molecule has 0 unspecified atom stereocenters. The van der Waals surface area contributed by atoms with Crippen LogP contribution in [-0.4, -0.2) is 97.9 Å². The molecule has 53 heavy (non-hydrogen) atoms. The summed E-state index contributed by atoms with van der Waals surface area (Å²) in [6.07, 6.45) is 3.92. The number of phenols is 1.